The van der Waals surface area contributed by atoms with Crippen LogP contribution in [-0.4, -0.2) is 24.7 Å². The standard InChI is InChI=1S/C20H27N3O2.HI/c1-5-21-20(23-13-17-8-6-14(2)10-15(17)3)22-12-16-7-9-19(25-4)18(24)11-16;/h6-11,24H,5,12-13H2,1-4H3,(H2,21,22,23);1H. The number of aliphatic imine (C=N–C) groups is 1. The summed E-state index contributed by atoms with van der Waals surface area (Å²) < 4.78 is 5.06. The van der Waals surface area contributed by atoms with Gasteiger partial charge in [-0.05, 0) is 49.6 Å². The highest BCUT2D eigenvalue weighted by Crippen LogP contribution is 2.26. The number of aryl methyl sites for hydroxylation is 2. The lowest BCUT2D eigenvalue weighted by Crippen LogP contribution is -2.36. The maximum atomic E-state index is 9.86. The molecule has 0 aromatic heterocycles. The fraction of sp³-hybridized carbons (Fsp3) is 0.350. The number of aromatic hydroxyl groups is 1. The van der Waals surface area contributed by atoms with E-state index in [0.29, 0.717) is 18.8 Å². The van der Waals surface area contributed by atoms with Crippen molar-refractivity contribution >= 4 is 29.9 Å². The van der Waals surface area contributed by atoms with Crippen molar-refractivity contribution in [3.63, 3.8) is 0 Å². The average Bonchev–Trinajstić information content (AvgIpc) is 2.58. The zero-order chi connectivity index (χ0) is 18.2. The first kappa shape index (κ1) is 22.1. The second kappa shape index (κ2) is 10.9. The van der Waals surface area contributed by atoms with E-state index in [9.17, 15) is 5.11 Å². The summed E-state index contributed by atoms with van der Waals surface area (Å²) in [5.74, 6) is 1.34. The van der Waals surface area contributed by atoms with Crippen molar-refractivity contribution in [2.45, 2.75) is 33.9 Å². The van der Waals surface area contributed by atoms with E-state index >= 15 is 0 Å². The van der Waals surface area contributed by atoms with E-state index in [1.54, 1.807) is 12.1 Å². The largest absolute Gasteiger partial charge is 0.504 e. The van der Waals surface area contributed by atoms with Crippen LogP contribution in [0, 0.1) is 13.8 Å². The Morgan fingerprint density at radius 3 is 2.50 bits per heavy atom. The molecule has 0 aliphatic heterocycles. The number of phenols is 1. The number of phenolic OH excluding ortho intramolecular Hbond substituents is 1. The molecule has 2 rings (SSSR count). The van der Waals surface area contributed by atoms with Crippen LogP contribution in [-0.2, 0) is 13.1 Å². The number of hydrogen-bond donors (Lipinski definition) is 3. The molecule has 142 valence electrons. The van der Waals surface area contributed by atoms with Crippen LogP contribution in [0.2, 0.25) is 0 Å². The number of nitrogens with one attached hydrogen (secondary N) is 2. The van der Waals surface area contributed by atoms with Gasteiger partial charge in [0.05, 0.1) is 13.7 Å². The predicted octanol–water partition coefficient (Wildman–Crippen LogP) is 3.89. The number of halogens is 1. The zero-order valence-corrected chi connectivity index (χ0v) is 18.1. The Kier molecular flexibility index (Phi) is 9.26. The third kappa shape index (κ3) is 6.40. The van der Waals surface area contributed by atoms with E-state index < -0.39 is 0 Å². The molecule has 2 aromatic rings. The number of methoxy groups -OCH3 is 1. The lowest BCUT2D eigenvalue weighted by molar-refractivity contribution is 0.373. The lowest BCUT2D eigenvalue weighted by atomic mass is 10.1. The monoisotopic (exact) mass is 469 g/mol. The van der Waals surface area contributed by atoms with Gasteiger partial charge in [-0.25, -0.2) is 4.99 Å². The molecule has 5 nitrogen and oxygen atoms in total. The number of hydrogen-bond acceptors (Lipinski definition) is 3. The summed E-state index contributed by atoms with van der Waals surface area (Å²) in [6.45, 7) is 8.22. The Balaban J connectivity index is 0.00000338. The molecule has 3 N–H and O–H groups in total. The Bertz CT molecular complexity index is 748. The van der Waals surface area contributed by atoms with Crippen LogP contribution in [0.25, 0.3) is 0 Å². The van der Waals surface area contributed by atoms with Crippen LogP contribution in [0.3, 0.4) is 0 Å². The summed E-state index contributed by atoms with van der Waals surface area (Å²) in [4.78, 5) is 4.59. The first-order valence-corrected chi connectivity index (χ1v) is 8.47. The minimum absolute atomic E-state index is 0. The van der Waals surface area contributed by atoms with Crippen LogP contribution in [0.5, 0.6) is 11.5 Å². The van der Waals surface area contributed by atoms with Gasteiger partial charge in [-0.3, -0.25) is 0 Å². The molecule has 0 aliphatic rings. The zero-order valence-electron chi connectivity index (χ0n) is 15.8. The number of ether oxygens (including phenoxy) is 1. The molecular weight excluding hydrogens is 441 g/mol. The summed E-state index contributed by atoms with van der Waals surface area (Å²) in [6.07, 6.45) is 0. The topological polar surface area (TPSA) is 65.9 Å². The molecule has 0 heterocycles. The first-order chi connectivity index (χ1) is 12.0. The first-order valence-electron chi connectivity index (χ1n) is 8.47. The van der Waals surface area contributed by atoms with Crippen LogP contribution in [0.1, 0.15) is 29.2 Å². The molecule has 0 amide bonds. The molecule has 0 aliphatic carbocycles. The molecule has 0 saturated carbocycles. The molecular formula is C20H28IN3O2. The maximum Gasteiger partial charge on any atom is 0.191 e. The van der Waals surface area contributed by atoms with Gasteiger partial charge in [-0.2, -0.15) is 0 Å². The van der Waals surface area contributed by atoms with Gasteiger partial charge < -0.3 is 20.5 Å². The van der Waals surface area contributed by atoms with Gasteiger partial charge in [0.15, 0.2) is 17.5 Å². The molecule has 26 heavy (non-hydrogen) atoms. The number of guanidine groups is 1. The molecule has 0 atom stereocenters. The summed E-state index contributed by atoms with van der Waals surface area (Å²) >= 11 is 0. The number of benzene rings is 2. The highest BCUT2D eigenvalue weighted by molar-refractivity contribution is 14.0. The molecule has 0 saturated heterocycles. The smallest absolute Gasteiger partial charge is 0.191 e. The Labute approximate surface area is 172 Å². The van der Waals surface area contributed by atoms with Gasteiger partial charge >= 0.3 is 0 Å². The van der Waals surface area contributed by atoms with Crippen LogP contribution >= 0.6 is 24.0 Å². The van der Waals surface area contributed by atoms with Gasteiger partial charge in [0.1, 0.15) is 0 Å². The normalized spacial score (nSPS) is 10.8. The lowest BCUT2D eigenvalue weighted by Gasteiger charge is -2.13. The van der Waals surface area contributed by atoms with Gasteiger partial charge in [0, 0.05) is 13.1 Å². The van der Waals surface area contributed by atoms with Crippen molar-refractivity contribution in [2.75, 3.05) is 13.7 Å². The average molecular weight is 469 g/mol. The molecule has 0 unspecified atom stereocenters. The van der Waals surface area contributed by atoms with E-state index in [4.69, 9.17) is 4.74 Å². The van der Waals surface area contributed by atoms with Gasteiger partial charge in [0.25, 0.3) is 0 Å². The van der Waals surface area contributed by atoms with Crippen LogP contribution in [0.15, 0.2) is 41.4 Å². The van der Waals surface area contributed by atoms with Gasteiger partial charge in [0.2, 0.25) is 0 Å². The van der Waals surface area contributed by atoms with Crippen molar-refractivity contribution in [1.82, 2.24) is 10.6 Å². The molecule has 0 radical (unpaired) electrons. The quantitative estimate of drug-likeness (QED) is 0.341. The third-order valence-corrected chi connectivity index (χ3v) is 3.95. The summed E-state index contributed by atoms with van der Waals surface area (Å²) in [5.41, 5.74) is 4.70. The van der Waals surface area contributed by atoms with Crippen molar-refractivity contribution < 1.29 is 9.84 Å². The molecule has 0 fully saturated rings. The van der Waals surface area contributed by atoms with E-state index in [1.165, 1.54) is 23.8 Å². The number of nitrogens with zero attached hydrogens (tertiary/aromatic N) is 1. The van der Waals surface area contributed by atoms with Gasteiger partial charge in [-0.15, -0.1) is 24.0 Å². The minimum atomic E-state index is 0. The fourth-order valence-corrected chi connectivity index (χ4v) is 2.57. The van der Waals surface area contributed by atoms with Crippen molar-refractivity contribution in [2.24, 2.45) is 4.99 Å². The maximum absolute atomic E-state index is 9.86. The second-order valence-corrected chi connectivity index (χ2v) is 5.98. The van der Waals surface area contributed by atoms with E-state index in [1.807, 2.05) is 13.0 Å². The Morgan fingerprint density at radius 2 is 1.88 bits per heavy atom. The third-order valence-electron chi connectivity index (χ3n) is 3.95. The Morgan fingerprint density at radius 1 is 1.12 bits per heavy atom. The summed E-state index contributed by atoms with van der Waals surface area (Å²) in [6, 6.07) is 11.8. The summed E-state index contributed by atoms with van der Waals surface area (Å²) in [7, 11) is 1.53. The number of rotatable bonds is 6. The summed E-state index contributed by atoms with van der Waals surface area (Å²) in [5, 5.41) is 16.5. The van der Waals surface area contributed by atoms with Crippen molar-refractivity contribution in [3.8, 4) is 11.5 Å². The van der Waals surface area contributed by atoms with Crippen molar-refractivity contribution in [1.29, 1.82) is 0 Å². The van der Waals surface area contributed by atoms with Crippen LogP contribution in [0.4, 0.5) is 0 Å². The molecule has 0 spiro atoms. The Hall–Kier alpha value is -1.96. The molecule has 0 bridgehead atoms. The van der Waals surface area contributed by atoms with E-state index in [2.05, 4.69) is 47.7 Å². The molecule has 2 aromatic carbocycles. The van der Waals surface area contributed by atoms with Crippen LogP contribution < -0.4 is 15.4 Å². The highest BCUT2D eigenvalue weighted by atomic mass is 127. The van der Waals surface area contributed by atoms with E-state index in [0.717, 1.165) is 18.1 Å². The van der Waals surface area contributed by atoms with Gasteiger partial charge in [-0.1, -0.05) is 29.8 Å². The van der Waals surface area contributed by atoms with Crippen molar-refractivity contribution in [3.05, 3.63) is 58.7 Å². The highest BCUT2D eigenvalue weighted by Gasteiger charge is 2.04. The fourth-order valence-electron chi connectivity index (χ4n) is 2.57. The SMILES string of the molecule is CCNC(=NCc1ccc(OC)c(O)c1)NCc1ccc(C)cc1C.I. The predicted molar refractivity (Wildman–Crippen MR) is 118 cm³/mol. The van der Waals surface area contributed by atoms with E-state index in [-0.39, 0.29) is 29.7 Å². The second-order valence-electron chi connectivity index (χ2n) is 5.98. The minimum Gasteiger partial charge on any atom is -0.504 e. The molecule has 6 heteroatoms.